The molecule has 2 rings (SSSR count). The summed E-state index contributed by atoms with van der Waals surface area (Å²) >= 11 is 1.39. The SMILES string of the molecule is CCc1nc(C2CCCO2)sc1C(=O)NN. The molecule has 1 saturated heterocycles. The number of nitrogen functional groups attached to an aromatic ring is 1. The monoisotopic (exact) mass is 241 g/mol. The number of rotatable bonds is 3. The molecule has 1 aromatic rings. The Morgan fingerprint density at radius 3 is 3.12 bits per heavy atom. The van der Waals surface area contributed by atoms with Crippen LogP contribution in [0.2, 0.25) is 0 Å². The van der Waals surface area contributed by atoms with E-state index in [1.807, 2.05) is 6.92 Å². The number of hydrazine groups is 1. The minimum Gasteiger partial charge on any atom is -0.371 e. The van der Waals surface area contributed by atoms with Gasteiger partial charge in [0.2, 0.25) is 0 Å². The van der Waals surface area contributed by atoms with Crippen molar-refractivity contribution < 1.29 is 9.53 Å². The average Bonchev–Trinajstić information content (AvgIpc) is 2.95. The fourth-order valence-electron chi connectivity index (χ4n) is 1.76. The topological polar surface area (TPSA) is 77.2 Å². The number of aryl methyl sites for hydroxylation is 1. The third kappa shape index (κ3) is 2.09. The van der Waals surface area contributed by atoms with E-state index in [4.69, 9.17) is 10.6 Å². The number of carbonyl (C=O) groups is 1. The van der Waals surface area contributed by atoms with Crippen LogP contribution in [0.3, 0.4) is 0 Å². The second-order valence-electron chi connectivity index (χ2n) is 3.66. The van der Waals surface area contributed by atoms with E-state index in [9.17, 15) is 4.79 Å². The zero-order valence-corrected chi connectivity index (χ0v) is 9.97. The van der Waals surface area contributed by atoms with E-state index in [0.29, 0.717) is 4.88 Å². The summed E-state index contributed by atoms with van der Waals surface area (Å²) in [5.41, 5.74) is 2.95. The molecule has 1 aromatic heterocycles. The molecule has 1 amide bonds. The van der Waals surface area contributed by atoms with E-state index in [2.05, 4.69) is 10.4 Å². The van der Waals surface area contributed by atoms with Gasteiger partial charge in [-0.1, -0.05) is 6.92 Å². The lowest BCUT2D eigenvalue weighted by Gasteiger charge is -2.03. The Morgan fingerprint density at radius 1 is 1.75 bits per heavy atom. The van der Waals surface area contributed by atoms with Gasteiger partial charge >= 0.3 is 0 Å². The molecule has 0 saturated carbocycles. The molecule has 0 radical (unpaired) electrons. The molecule has 16 heavy (non-hydrogen) atoms. The van der Waals surface area contributed by atoms with Crippen molar-refractivity contribution in [2.75, 3.05) is 6.61 Å². The van der Waals surface area contributed by atoms with Gasteiger partial charge in [0.25, 0.3) is 5.91 Å². The molecule has 1 fully saturated rings. The molecule has 88 valence electrons. The number of hydrogen-bond donors (Lipinski definition) is 2. The highest BCUT2D eigenvalue weighted by Crippen LogP contribution is 2.33. The number of ether oxygens (including phenoxy) is 1. The number of aromatic nitrogens is 1. The zero-order valence-electron chi connectivity index (χ0n) is 9.16. The average molecular weight is 241 g/mol. The highest BCUT2D eigenvalue weighted by molar-refractivity contribution is 7.13. The molecule has 2 heterocycles. The predicted molar refractivity (Wildman–Crippen MR) is 61.1 cm³/mol. The van der Waals surface area contributed by atoms with Crippen LogP contribution in [-0.4, -0.2) is 17.5 Å². The van der Waals surface area contributed by atoms with Crippen molar-refractivity contribution in [2.45, 2.75) is 32.3 Å². The second-order valence-corrected chi connectivity index (χ2v) is 4.69. The van der Waals surface area contributed by atoms with Crippen LogP contribution in [0.1, 0.15) is 46.2 Å². The van der Waals surface area contributed by atoms with Gasteiger partial charge in [-0.25, -0.2) is 10.8 Å². The second kappa shape index (κ2) is 4.90. The van der Waals surface area contributed by atoms with Crippen molar-refractivity contribution in [2.24, 2.45) is 5.84 Å². The van der Waals surface area contributed by atoms with Crippen molar-refractivity contribution in [1.82, 2.24) is 10.4 Å². The molecule has 0 bridgehead atoms. The summed E-state index contributed by atoms with van der Waals surface area (Å²) in [6.45, 7) is 2.76. The number of carbonyl (C=O) groups excluding carboxylic acids is 1. The van der Waals surface area contributed by atoms with Gasteiger partial charge in [0.1, 0.15) is 16.0 Å². The first-order valence-electron chi connectivity index (χ1n) is 5.38. The number of nitrogens with zero attached hydrogens (tertiary/aromatic N) is 1. The van der Waals surface area contributed by atoms with Crippen molar-refractivity contribution in [1.29, 1.82) is 0 Å². The molecule has 5 nitrogen and oxygen atoms in total. The number of amides is 1. The van der Waals surface area contributed by atoms with E-state index < -0.39 is 0 Å². The predicted octanol–water partition coefficient (Wildman–Crippen LogP) is 1.16. The lowest BCUT2D eigenvalue weighted by atomic mass is 10.2. The molecule has 3 N–H and O–H groups in total. The summed E-state index contributed by atoms with van der Waals surface area (Å²) in [6.07, 6.45) is 2.84. The molecule has 1 atom stereocenters. The first-order chi connectivity index (χ1) is 7.76. The Morgan fingerprint density at radius 2 is 2.56 bits per heavy atom. The summed E-state index contributed by atoms with van der Waals surface area (Å²) in [5.74, 6) is 4.87. The van der Waals surface area contributed by atoms with Crippen molar-refractivity contribution in [3.63, 3.8) is 0 Å². The van der Waals surface area contributed by atoms with Crippen LogP contribution in [0.4, 0.5) is 0 Å². The van der Waals surface area contributed by atoms with Crippen LogP contribution < -0.4 is 11.3 Å². The first-order valence-corrected chi connectivity index (χ1v) is 6.20. The van der Waals surface area contributed by atoms with Gasteiger partial charge in [-0.2, -0.15) is 0 Å². The molecule has 6 heteroatoms. The third-order valence-corrected chi connectivity index (χ3v) is 3.78. The van der Waals surface area contributed by atoms with Gasteiger partial charge in [-0.15, -0.1) is 11.3 Å². The van der Waals surface area contributed by atoms with Crippen LogP contribution in [0.25, 0.3) is 0 Å². The minimum atomic E-state index is -0.265. The van der Waals surface area contributed by atoms with Crippen LogP contribution in [0.15, 0.2) is 0 Å². The summed E-state index contributed by atoms with van der Waals surface area (Å²) in [7, 11) is 0. The van der Waals surface area contributed by atoms with E-state index in [-0.39, 0.29) is 12.0 Å². The van der Waals surface area contributed by atoms with Gasteiger partial charge in [-0.05, 0) is 19.3 Å². The van der Waals surface area contributed by atoms with E-state index in [1.54, 1.807) is 0 Å². The maximum absolute atomic E-state index is 11.5. The van der Waals surface area contributed by atoms with Crippen molar-refractivity contribution >= 4 is 17.2 Å². The quantitative estimate of drug-likeness (QED) is 0.473. The Labute approximate surface area is 98.0 Å². The molecular weight excluding hydrogens is 226 g/mol. The molecule has 1 aliphatic rings. The summed E-state index contributed by atoms with van der Waals surface area (Å²) in [6, 6.07) is 0. The van der Waals surface area contributed by atoms with Gasteiger partial charge < -0.3 is 4.74 Å². The molecule has 0 spiro atoms. The zero-order chi connectivity index (χ0) is 11.5. The maximum atomic E-state index is 11.5. The Balaban J connectivity index is 2.27. The van der Waals surface area contributed by atoms with Crippen LogP contribution in [-0.2, 0) is 11.2 Å². The lowest BCUT2D eigenvalue weighted by molar-refractivity contribution is 0.0956. The number of hydrogen-bond acceptors (Lipinski definition) is 5. The first kappa shape index (κ1) is 11.5. The van der Waals surface area contributed by atoms with Crippen molar-refractivity contribution in [3.05, 3.63) is 15.6 Å². The fourth-order valence-corrected chi connectivity index (χ4v) is 2.90. The smallest absolute Gasteiger partial charge is 0.277 e. The fraction of sp³-hybridized carbons (Fsp3) is 0.600. The summed E-state index contributed by atoms with van der Waals surface area (Å²) < 4.78 is 5.55. The van der Waals surface area contributed by atoms with Gasteiger partial charge in [0.15, 0.2) is 0 Å². The van der Waals surface area contributed by atoms with Gasteiger partial charge in [0, 0.05) is 6.61 Å². The van der Waals surface area contributed by atoms with E-state index in [1.165, 1.54) is 11.3 Å². The number of nitrogens with two attached hydrogens (primary N) is 1. The molecule has 1 unspecified atom stereocenters. The number of nitrogens with one attached hydrogen (secondary N) is 1. The normalized spacial score (nSPS) is 20.0. The maximum Gasteiger partial charge on any atom is 0.277 e. The van der Waals surface area contributed by atoms with Gasteiger partial charge in [-0.3, -0.25) is 10.2 Å². The third-order valence-electron chi connectivity index (χ3n) is 2.59. The van der Waals surface area contributed by atoms with E-state index >= 15 is 0 Å². The Bertz CT molecular complexity index is 385. The molecule has 0 aromatic carbocycles. The highest BCUT2D eigenvalue weighted by Gasteiger charge is 2.24. The molecule has 0 aliphatic carbocycles. The Kier molecular flexibility index (Phi) is 3.52. The molecular formula is C10H15N3O2S. The standard InChI is InChI=1S/C10H15N3O2S/c1-2-6-8(9(14)13-11)16-10(12-6)7-4-3-5-15-7/h7H,2-5,11H2,1H3,(H,13,14). The van der Waals surface area contributed by atoms with Crippen LogP contribution in [0.5, 0.6) is 0 Å². The van der Waals surface area contributed by atoms with Crippen LogP contribution in [0, 0.1) is 0 Å². The number of thiazole rings is 1. The van der Waals surface area contributed by atoms with Crippen LogP contribution >= 0.6 is 11.3 Å². The largest absolute Gasteiger partial charge is 0.371 e. The lowest BCUT2D eigenvalue weighted by Crippen LogP contribution is -2.30. The highest BCUT2D eigenvalue weighted by atomic mass is 32.1. The molecule has 1 aliphatic heterocycles. The van der Waals surface area contributed by atoms with Gasteiger partial charge in [0.05, 0.1) is 5.69 Å². The summed E-state index contributed by atoms with van der Waals surface area (Å²) in [5, 5.41) is 0.896. The van der Waals surface area contributed by atoms with E-state index in [0.717, 1.165) is 36.6 Å². The minimum absolute atomic E-state index is 0.0645. The Hall–Kier alpha value is -0.980. The summed E-state index contributed by atoms with van der Waals surface area (Å²) in [4.78, 5) is 16.6. The van der Waals surface area contributed by atoms with Crippen molar-refractivity contribution in [3.8, 4) is 0 Å².